The first-order valence-electron chi connectivity index (χ1n) is 9.02. The topological polar surface area (TPSA) is 96.8 Å². The summed E-state index contributed by atoms with van der Waals surface area (Å²) in [5.74, 6) is 0.310. The highest BCUT2D eigenvalue weighted by atomic mass is 32.2. The van der Waals surface area contributed by atoms with Gasteiger partial charge in [-0.15, -0.1) is 0 Å². The molecular formula is C20H22N4O3S. The van der Waals surface area contributed by atoms with Crippen LogP contribution in [-0.2, 0) is 11.2 Å². The van der Waals surface area contributed by atoms with E-state index < -0.39 is 17.3 Å². The number of rotatable bonds is 8. The van der Waals surface area contributed by atoms with Gasteiger partial charge in [-0.2, -0.15) is 11.8 Å². The third kappa shape index (κ3) is 4.51. The first-order chi connectivity index (χ1) is 13.6. The Morgan fingerprint density at radius 2 is 2.00 bits per heavy atom. The number of carbonyl (C=O) groups is 1. The number of aromatic amines is 1. The number of carbonyl (C=O) groups excluding carboxylic acids is 1. The van der Waals surface area contributed by atoms with Crippen LogP contribution in [0.15, 0.2) is 58.3 Å². The quantitative estimate of drug-likeness (QED) is 0.602. The number of para-hydroxylation sites is 1. The minimum Gasteiger partial charge on any atom is -0.354 e. The summed E-state index contributed by atoms with van der Waals surface area (Å²) < 4.78 is 1.04. The highest BCUT2D eigenvalue weighted by Crippen LogP contribution is 2.13. The number of aromatic nitrogens is 3. The third-order valence-corrected chi connectivity index (χ3v) is 5.10. The van der Waals surface area contributed by atoms with Gasteiger partial charge in [-0.3, -0.25) is 14.6 Å². The molecule has 0 saturated carbocycles. The van der Waals surface area contributed by atoms with E-state index in [0.717, 1.165) is 10.3 Å². The maximum absolute atomic E-state index is 12.9. The molecule has 1 amide bonds. The summed E-state index contributed by atoms with van der Waals surface area (Å²) in [7, 11) is 0. The minimum atomic E-state index is -0.864. The molecule has 2 heterocycles. The van der Waals surface area contributed by atoms with Crippen LogP contribution in [0.5, 0.6) is 0 Å². The summed E-state index contributed by atoms with van der Waals surface area (Å²) in [6, 6.07) is 11.5. The van der Waals surface area contributed by atoms with Crippen LogP contribution in [0.1, 0.15) is 18.2 Å². The Morgan fingerprint density at radius 3 is 2.75 bits per heavy atom. The van der Waals surface area contributed by atoms with Gasteiger partial charge in [0.05, 0.1) is 10.9 Å². The number of hydrogen-bond donors (Lipinski definition) is 2. The van der Waals surface area contributed by atoms with Gasteiger partial charge in [-0.25, -0.2) is 9.36 Å². The minimum absolute atomic E-state index is 0.340. The van der Waals surface area contributed by atoms with Crippen molar-refractivity contribution in [2.75, 3.05) is 18.6 Å². The molecule has 3 rings (SSSR count). The van der Waals surface area contributed by atoms with Crippen molar-refractivity contribution in [1.82, 2.24) is 19.9 Å². The molecule has 7 nitrogen and oxygen atoms in total. The average Bonchev–Trinajstić information content (AvgIpc) is 2.71. The van der Waals surface area contributed by atoms with E-state index in [1.807, 2.05) is 24.5 Å². The summed E-state index contributed by atoms with van der Waals surface area (Å²) in [6.45, 7) is 0.381. The lowest BCUT2D eigenvalue weighted by molar-refractivity contribution is -0.124. The van der Waals surface area contributed by atoms with Crippen molar-refractivity contribution < 1.29 is 4.79 Å². The Bertz CT molecular complexity index is 1060. The zero-order valence-corrected chi connectivity index (χ0v) is 16.4. The highest BCUT2D eigenvalue weighted by molar-refractivity contribution is 7.98. The average molecular weight is 398 g/mol. The molecule has 0 aliphatic rings. The normalized spacial score (nSPS) is 12.0. The second-order valence-electron chi connectivity index (χ2n) is 6.31. The number of nitrogens with zero attached hydrogens (tertiary/aromatic N) is 2. The van der Waals surface area contributed by atoms with Gasteiger partial charge in [0.25, 0.3) is 5.56 Å². The largest absolute Gasteiger partial charge is 0.354 e. The van der Waals surface area contributed by atoms with Crippen LogP contribution in [0.2, 0.25) is 0 Å². The molecule has 0 aliphatic heterocycles. The van der Waals surface area contributed by atoms with Crippen LogP contribution in [0.4, 0.5) is 0 Å². The Kier molecular flexibility index (Phi) is 6.65. The predicted molar refractivity (Wildman–Crippen MR) is 112 cm³/mol. The van der Waals surface area contributed by atoms with Gasteiger partial charge in [-0.1, -0.05) is 18.2 Å². The lowest BCUT2D eigenvalue weighted by Crippen LogP contribution is -2.45. The lowest BCUT2D eigenvalue weighted by atomic mass is 10.1. The van der Waals surface area contributed by atoms with E-state index in [1.54, 1.807) is 42.2 Å². The number of H-pyrrole nitrogens is 1. The van der Waals surface area contributed by atoms with E-state index in [0.29, 0.717) is 36.0 Å². The summed E-state index contributed by atoms with van der Waals surface area (Å²) in [5, 5.41) is 3.23. The molecule has 0 bridgehead atoms. The van der Waals surface area contributed by atoms with E-state index in [4.69, 9.17) is 0 Å². The number of benzene rings is 1. The molecular weight excluding hydrogens is 376 g/mol. The lowest BCUT2D eigenvalue weighted by Gasteiger charge is -2.18. The van der Waals surface area contributed by atoms with Gasteiger partial charge in [0, 0.05) is 24.9 Å². The maximum atomic E-state index is 12.9. The van der Waals surface area contributed by atoms with Crippen LogP contribution in [0.25, 0.3) is 10.9 Å². The molecule has 3 aromatic rings. The van der Waals surface area contributed by atoms with Gasteiger partial charge in [0.1, 0.15) is 6.04 Å². The van der Waals surface area contributed by atoms with Crippen LogP contribution >= 0.6 is 11.8 Å². The van der Waals surface area contributed by atoms with E-state index in [9.17, 15) is 14.4 Å². The van der Waals surface area contributed by atoms with E-state index in [-0.39, 0.29) is 5.91 Å². The number of amides is 1. The number of thioether (sulfide) groups is 1. The fourth-order valence-electron chi connectivity index (χ4n) is 3.04. The summed E-state index contributed by atoms with van der Waals surface area (Å²) in [4.78, 5) is 45.2. The molecule has 0 fully saturated rings. The summed E-state index contributed by atoms with van der Waals surface area (Å²) >= 11 is 1.56. The van der Waals surface area contributed by atoms with E-state index in [2.05, 4.69) is 15.3 Å². The van der Waals surface area contributed by atoms with Crippen LogP contribution in [-0.4, -0.2) is 39.0 Å². The van der Waals surface area contributed by atoms with Gasteiger partial charge in [-0.05, 0) is 42.7 Å². The van der Waals surface area contributed by atoms with Crippen molar-refractivity contribution in [3.63, 3.8) is 0 Å². The molecule has 1 aromatic carbocycles. The molecule has 0 saturated heterocycles. The standard InChI is InChI=1S/C20H22N4O3S/c1-28-13-10-17(18(25)22-12-9-14-6-4-5-11-21-14)24-19(26)15-7-2-3-8-16(15)23-20(24)27/h2-8,11,17H,9-10,12-13H2,1H3,(H,22,25)(H,23,27)/t17-/m0/s1. The summed E-state index contributed by atoms with van der Waals surface area (Å²) in [5.41, 5.74) is 0.303. The van der Waals surface area contributed by atoms with Crippen LogP contribution in [0, 0.1) is 0 Å². The number of fused-ring (bicyclic) bond motifs is 1. The SMILES string of the molecule is CSCC[C@@H](C(=O)NCCc1ccccn1)n1c(=O)[nH]c2ccccc2c1=O. The molecule has 1 atom stereocenters. The Labute approximate surface area is 166 Å². The fraction of sp³-hybridized carbons (Fsp3) is 0.300. The van der Waals surface area contributed by atoms with Crippen LogP contribution < -0.4 is 16.6 Å². The monoisotopic (exact) mass is 398 g/mol. The fourth-order valence-corrected chi connectivity index (χ4v) is 3.50. The molecule has 0 aliphatic carbocycles. The van der Waals surface area contributed by atoms with Crippen molar-refractivity contribution in [2.45, 2.75) is 18.9 Å². The first kappa shape index (κ1) is 19.9. The van der Waals surface area contributed by atoms with E-state index >= 15 is 0 Å². The molecule has 2 aromatic heterocycles. The smallest absolute Gasteiger partial charge is 0.329 e. The van der Waals surface area contributed by atoms with Crippen molar-refractivity contribution in [1.29, 1.82) is 0 Å². The van der Waals surface area contributed by atoms with Crippen molar-refractivity contribution >= 4 is 28.6 Å². The van der Waals surface area contributed by atoms with Crippen molar-refractivity contribution in [3.05, 3.63) is 75.2 Å². The molecule has 8 heteroatoms. The first-order valence-corrected chi connectivity index (χ1v) is 10.4. The van der Waals surface area contributed by atoms with Gasteiger partial charge >= 0.3 is 5.69 Å². The highest BCUT2D eigenvalue weighted by Gasteiger charge is 2.24. The predicted octanol–water partition coefficient (Wildman–Crippen LogP) is 1.74. The van der Waals surface area contributed by atoms with Crippen LogP contribution in [0.3, 0.4) is 0 Å². The molecule has 146 valence electrons. The second-order valence-corrected chi connectivity index (χ2v) is 7.30. The van der Waals surface area contributed by atoms with Gasteiger partial charge < -0.3 is 10.3 Å². The van der Waals surface area contributed by atoms with Gasteiger partial charge in [0.15, 0.2) is 0 Å². The zero-order chi connectivity index (χ0) is 19.9. The Morgan fingerprint density at radius 1 is 1.21 bits per heavy atom. The van der Waals surface area contributed by atoms with Gasteiger partial charge in [0.2, 0.25) is 5.91 Å². The molecule has 0 unspecified atom stereocenters. The third-order valence-electron chi connectivity index (χ3n) is 4.45. The Hall–Kier alpha value is -2.87. The summed E-state index contributed by atoms with van der Waals surface area (Å²) in [6.07, 6.45) is 4.58. The molecule has 28 heavy (non-hydrogen) atoms. The second kappa shape index (κ2) is 9.36. The number of pyridine rings is 1. The number of hydrogen-bond acceptors (Lipinski definition) is 5. The Balaban J connectivity index is 1.85. The van der Waals surface area contributed by atoms with Crippen molar-refractivity contribution in [2.24, 2.45) is 0 Å². The molecule has 2 N–H and O–H groups in total. The number of nitrogens with one attached hydrogen (secondary N) is 2. The maximum Gasteiger partial charge on any atom is 0.329 e. The molecule has 0 radical (unpaired) electrons. The zero-order valence-electron chi connectivity index (χ0n) is 15.6. The van der Waals surface area contributed by atoms with Crippen molar-refractivity contribution in [3.8, 4) is 0 Å². The molecule has 0 spiro atoms. The van der Waals surface area contributed by atoms with E-state index in [1.165, 1.54) is 0 Å².